The van der Waals surface area contributed by atoms with E-state index in [1.807, 2.05) is 44.2 Å². The predicted molar refractivity (Wildman–Crippen MR) is 78.9 cm³/mol. The van der Waals surface area contributed by atoms with Crippen LogP contribution in [-0.4, -0.2) is 25.6 Å². The van der Waals surface area contributed by atoms with Crippen LogP contribution in [0.4, 0.5) is 5.69 Å². The molecule has 0 bridgehead atoms. The van der Waals surface area contributed by atoms with Crippen molar-refractivity contribution >= 4 is 19.0 Å². The van der Waals surface area contributed by atoms with Gasteiger partial charge in [-0.25, -0.2) is 0 Å². The van der Waals surface area contributed by atoms with Gasteiger partial charge in [0.05, 0.1) is 11.3 Å². The van der Waals surface area contributed by atoms with Crippen molar-refractivity contribution in [3.8, 4) is 0 Å². The number of nitrogens with zero attached hydrogens (tertiary/aromatic N) is 1. The molecule has 1 aromatic rings. The van der Waals surface area contributed by atoms with Gasteiger partial charge in [0.2, 0.25) is 0 Å². The molecule has 106 valence electrons. The molecule has 19 heavy (non-hydrogen) atoms. The molecule has 0 aliphatic heterocycles. The van der Waals surface area contributed by atoms with E-state index in [1.165, 1.54) is 14.2 Å². The fourth-order valence-corrected chi connectivity index (χ4v) is 3.05. The van der Waals surface area contributed by atoms with Gasteiger partial charge >= 0.3 is 7.60 Å². The topological polar surface area (TPSA) is 59.9 Å². The highest BCUT2D eigenvalue weighted by Crippen LogP contribution is 2.52. The van der Waals surface area contributed by atoms with Crippen molar-refractivity contribution in [1.29, 1.82) is 0 Å². The van der Waals surface area contributed by atoms with Crippen molar-refractivity contribution in [2.75, 3.05) is 19.6 Å². The third-order valence-electron chi connectivity index (χ3n) is 2.79. The number of hydrogen-bond donors (Lipinski definition) is 1. The second kappa shape index (κ2) is 7.43. The molecule has 0 radical (unpaired) electrons. The fourth-order valence-electron chi connectivity index (χ4n) is 1.69. The second-order valence-corrected chi connectivity index (χ2v) is 6.97. The van der Waals surface area contributed by atoms with Crippen molar-refractivity contribution in [1.82, 2.24) is 0 Å². The third-order valence-corrected chi connectivity index (χ3v) is 5.07. The van der Waals surface area contributed by atoms with Crippen molar-refractivity contribution in [3.05, 3.63) is 30.3 Å². The smallest absolute Gasteiger partial charge is 0.312 e. The molecule has 0 fully saturated rings. The van der Waals surface area contributed by atoms with E-state index >= 15 is 0 Å². The Morgan fingerprint density at radius 2 is 1.89 bits per heavy atom. The summed E-state index contributed by atoms with van der Waals surface area (Å²) in [4.78, 5) is 0. The van der Waals surface area contributed by atoms with Crippen LogP contribution in [0.3, 0.4) is 0 Å². The normalized spacial score (nSPS) is 14.2. The Hall–Kier alpha value is -1.16. The van der Waals surface area contributed by atoms with Crippen LogP contribution in [0, 0.1) is 0 Å². The summed E-state index contributed by atoms with van der Waals surface area (Å²) in [5.74, 6) is 0. The molecule has 0 spiro atoms. The average Bonchev–Trinajstić information content (AvgIpc) is 2.45. The lowest BCUT2D eigenvalue weighted by molar-refractivity contribution is 0.268. The van der Waals surface area contributed by atoms with Crippen LogP contribution in [0.5, 0.6) is 0 Å². The number of nitrogens with one attached hydrogen (secondary N) is 1. The standard InChI is InChI=1S/C13H21N2O3P/c1-11(10-12(2)19(16,17-3)18-4)14-15-13-8-6-5-7-9-13/h5-9,12,15H,10H2,1-4H3/b14-11-/t12-/m0/s1. The van der Waals surface area contributed by atoms with Crippen LogP contribution in [-0.2, 0) is 13.6 Å². The lowest BCUT2D eigenvalue weighted by Crippen LogP contribution is -2.12. The largest absolute Gasteiger partial charge is 0.333 e. The first-order chi connectivity index (χ1) is 9.01. The maximum atomic E-state index is 12.1. The Balaban J connectivity index is 2.59. The van der Waals surface area contributed by atoms with Gasteiger partial charge in [0.25, 0.3) is 0 Å². The highest BCUT2D eigenvalue weighted by atomic mass is 31.2. The van der Waals surface area contributed by atoms with Crippen molar-refractivity contribution in [2.45, 2.75) is 25.9 Å². The van der Waals surface area contributed by atoms with Crippen LogP contribution in [0.1, 0.15) is 20.3 Å². The quantitative estimate of drug-likeness (QED) is 0.471. The van der Waals surface area contributed by atoms with E-state index in [9.17, 15) is 4.57 Å². The molecule has 0 aromatic heterocycles. The minimum Gasteiger partial charge on any atom is -0.312 e. The number of rotatable bonds is 7. The zero-order valence-corrected chi connectivity index (χ0v) is 12.7. The lowest BCUT2D eigenvalue weighted by Gasteiger charge is -2.20. The number of hydrazone groups is 1. The Kier molecular flexibility index (Phi) is 6.22. The summed E-state index contributed by atoms with van der Waals surface area (Å²) in [5, 5.41) is 4.25. The molecule has 1 atom stereocenters. The minimum atomic E-state index is -3.03. The van der Waals surface area contributed by atoms with Crippen LogP contribution in [0.25, 0.3) is 0 Å². The van der Waals surface area contributed by atoms with E-state index in [0.717, 1.165) is 11.4 Å². The molecule has 0 unspecified atom stereocenters. The van der Waals surface area contributed by atoms with Gasteiger partial charge < -0.3 is 9.05 Å². The first kappa shape index (κ1) is 15.9. The minimum absolute atomic E-state index is 0.233. The highest BCUT2D eigenvalue weighted by molar-refractivity contribution is 7.54. The number of benzene rings is 1. The van der Waals surface area contributed by atoms with Crippen molar-refractivity contribution in [3.63, 3.8) is 0 Å². The van der Waals surface area contributed by atoms with Crippen LogP contribution in [0.15, 0.2) is 35.4 Å². The van der Waals surface area contributed by atoms with Gasteiger partial charge in [-0.05, 0) is 19.1 Å². The summed E-state index contributed by atoms with van der Waals surface area (Å²) in [6.45, 7) is 3.71. The maximum Gasteiger partial charge on any atom is 0.333 e. The molecule has 0 aliphatic rings. The summed E-state index contributed by atoms with van der Waals surface area (Å²) in [6.07, 6.45) is 0.540. The third kappa shape index (κ3) is 4.78. The lowest BCUT2D eigenvalue weighted by atomic mass is 10.2. The predicted octanol–water partition coefficient (Wildman–Crippen LogP) is 3.74. The van der Waals surface area contributed by atoms with E-state index < -0.39 is 7.60 Å². The molecule has 0 heterocycles. The molecule has 1 N–H and O–H groups in total. The Morgan fingerprint density at radius 1 is 1.32 bits per heavy atom. The summed E-state index contributed by atoms with van der Waals surface area (Å²) in [6, 6.07) is 9.65. The van der Waals surface area contributed by atoms with Gasteiger partial charge in [-0.3, -0.25) is 9.99 Å². The molecule has 0 amide bonds. The van der Waals surface area contributed by atoms with Crippen LogP contribution >= 0.6 is 7.60 Å². The molecular formula is C13H21N2O3P. The monoisotopic (exact) mass is 284 g/mol. The molecule has 0 aliphatic carbocycles. The number of anilines is 1. The van der Waals surface area contributed by atoms with E-state index in [0.29, 0.717) is 6.42 Å². The van der Waals surface area contributed by atoms with Crippen LogP contribution < -0.4 is 5.43 Å². The maximum absolute atomic E-state index is 12.1. The first-order valence-electron chi connectivity index (χ1n) is 6.07. The summed E-state index contributed by atoms with van der Waals surface area (Å²) < 4.78 is 22.1. The van der Waals surface area contributed by atoms with Gasteiger partial charge in [-0.1, -0.05) is 25.1 Å². The molecule has 1 rings (SSSR count). The van der Waals surface area contributed by atoms with Gasteiger partial charge in [-0.2, -0.15) is 5.10 Å². The van der Waals surface area contributed by atoms with E-state index in [1.54, 1.807) is 0 Å². The average molecular weight is 284 g/mol. The van der Waals surface area contributed by atoms with Gasteiger partial charge in [-0.15, -0.1) is 0 Å². The highest BCUT2D eigenvalue weighted by Gasteiger charge is 2.30. The first-order valence-corrected chi connectivity index (χ1v) is 7.68. The van der Waals surface area contributed by atoms with Gasteiger partial charge in [0.1, 0.15) is 0 Å². The Morgan fingerprint density at radius 3 is 2.42 bits per heavy atom. The molecule has 0 saturated heterocycles. The van der Waals surface area contributed by atoms with E-state index in [-0.39, 0.29) is 5.66 Å². The van der Waals surface area contributed by atoms with Crippen molar-refractivity contribution < 1.29 is 13.6 Å². The zero-order valence-electron chi connectivity index (χ0n) is 11.8. The molecular weight excluding hydrogens is 263 g/mol. The number of para-hydroxylation sites is 1. The molecule has 0 saturated carbocycles. The van der Waals surface area contributed by atoms with Gasteiger partial charge in [0.15, 0.2) is 0 Å². The van der Waals surface area contributed by atoms with Crippen molar-refractivity contribution in [2.24, 2.45) is 5.10 Å². The molecule has 5 nitrogen and oxygen atoms in total. The Bertz CT molecular complexity index is 454. The summed E-state index contributed by atoms with van der Waals surface area (Å²) in [5.41, 5.74) is 4.47. The summed E-state index contributed by atoms with van der Waals surface area (Å²) >= 11 is 0. The second-order valence-electron chi connectivity index (χ2n) is 4.28. The Labute approximate surface area is 114 Å². The van der Waals surface area contributed by atoms with E-state index in [4.69, 9.17) is 9.05 Å². The van der Waals surface area contributed by atoms with Crippen LogP contribution in [0.2, 0.25) is 0 Å². The fraction of sp³-hybridized carbons (Fsp3) is 0.462. The SMILES string of the molecule is COP(=O)(OC)[C@@H](C)C/C(C)=N\Nc1ccccc1. The van der Waals surface area contributed by atoms with E-state index in [2.05, 4.69) is 10.5 Å². The number of hydrogen-bond acceptors (Lipinski definition) is 5. The summed E-state index contributed by atoms with van der Waals surface area (Å²) in [7, 11) is -0.234. The molecule has 1 aromatic carbocycles. The zero-order chi connectivity index (χ0) is 14.3. The molecule has 6 heteroatoms. The van der Waals surface area contributed by atoms with Gasteiger partial charge in [0, 0.05) is 26.4 Å².